The number of nitrogens with zero attached hydrogens (tertiary/aromatic N) is 1. The van der Waals surface area contributed by atoms with Crippen molar-refractivity contribution in [2.45, 2.75) is 50.9 Å². The SMILES string of the molecule is CC(C)N(C(C)C)S(=O)(=O)c1ccc(C(=O)C(F)(F)F)cc1. The minimum absolute atomic E-state index is 0.145. The second-order valence-corrected chi connectivity index (χ2v) is 7.22. The minimum Gasteiger partial charge on any atom is -0.284 e. The molecule has 8 heteroatoms. The van der Waals surface area contributed by atoms with E-state index in [0.29, 0.717) is 0 Å². The van der Waals surface area contributed by atoms with Gasteiger partial charge in [-0.15, -0.1) is 0 Å². The van der Waals surface area contributed by atoms with E-state index in [1.54, 1.807) is 27.7 Å². The smallest absolute Gasteiger partial charge is 0.284 e. The molecule has 0 amide bonds. The van der Waals surface area contributed by atoms with Crippen LogP contribution in [0.3, 0.4) is 0 Å². The summed E-state index contributed by atoms with van der Waals surface area (Å²) in [4.78, 5) is 10.9. The van der Waals surface area contributed by atoms with E-state index in [1.807, 2.05) is 0 Å². The zero-order valence-corrected chi connectivity index (χ0v) is 13.5. The summed E-state index contributed by atoms with van der Waals surface area (Å²) in [6.45, 7) is 6.83. The van der Waals surface area contributed by atoms with Crippen LogP contribution in [-0.4, -0.2) is 36.8 Å². The molecule has 0 saturated carbocycles. The number of rotatable bonds is 5. The lowest BCUT2D eigenvalue weighted by atomic mass is 10.1. The Morgan fingerprint density at radius 2 is 1.41 bits per heavy atom. The number of hydrogen-bond acceptors (Lipinski definition) is 3. The number of benzene rings is 1. The Morgan fingerprint density at radius 1 is 1.00 bits per heavy atom. The van der Waals surface area contributed by atoms with Crippen molar-refractivity contribution in [2.75, 3.05) is 0 Å². The third-order valence-corrected chi connectivity index (χ3v) is 5.23. The first-order valence-corrected chi connectivity index (χ1v) is 8.08. The van der Waals surface area contributed by atoms with Crippen molar-refractivity contribution in [1.82, 2.24) is 4.31 Å². The fourth-order valence-electron chi connectivity index (χ4n) is 2.22. The highest BCUT2D eigenvalue weighted by Crippen LogP contribution is 2.24. The predicted molar refractivity (Wildman–Crippen MR) is 76.1 cm³/mol. The normalized spacial score (nSPS) is 13.2. The molecular weight excluding hydrogens is 319 g/mol. The van der Waals surface area contributed by atoms with E-state index in [9.17, 15) is 26.4 Å². The van der Waals surface area contributed by atoms with Crippen molar-refractivity contribution in [3.8, 4) is 0 Å². The highest BCUT2D eigenvalue weighted by atomic mass is 32.2. The van der Waals surface area contributed by atoms with Gasteiger partial charge in [0.1, 0.15) is 0 Å². The number of Topliss-reactive ketones (excluding diaryl/α,β-unsaturated/α-hetero) is 1. The lowest BCUT2D eigenvalue weighted by molar-refractivity contribution is -0.0885. The molecular formula is C14H18F3NO3S. The molecule has 22 heavy (non-hydrogen) atoms. The van der Waals surface area contributed by atoms with Gasteiger partial charge in [-0.25, -0.2) is 8.42 Å². The van der Waals surface area contributed by atoms with E-state index in [-0.39, 0.29) is 17.0 Å². The minimum atomic E-state index is -4.98. The Hall–Kier alpha value is -1.41. The van der Waals surface area contributed by atoms with Gasteiger partial charge in [0.2, 0.25) is 10.0 Å². The van der Waals surface area contributed by atoms with Gasteiger partial charge >= 0.3 is 6.18 Å². The predicted octanol–water partition coefficient (Wildman–Crippen LogP) is 3.24. The summed E-state index contributed by atoms with van der Waals surface area (Å²) in [5.41, 5.74) is -0.591. The summed E-state index contributed by atoms with van der Waals surface area (Å²) < 4.78 is 63.3. The largest absolute Gasteiger partial charge is 0.454 e. The van der Waals surface area contributed by atoms with E-state index in [0.717, 1.165) is 24.3 Å². The number of ketones is 1. The van der Waals surface area contributed by atoms with Crippen LogP contribution in [0.15, 0.2) is 29.2 Å². The van der Waals surface area contributed by atoms with Gasteiger partial charge in [0.15, 0.2) is 0 Å². The first-order valence-electron chi connectivity index (χ1n) is 6.64. The van der Waals surface area contributed by atoms with Crippen molar-refractivity contribution in [3.63, 3.8) is 0 Å². The zero-order valence-electron chi connectivity index (χ0n) is 12.7. The summed E-state index contributed by atoms with van der Waals surface area (Å²) >= 11 is 0. The monoisotopic (exact) mass is 337 g/mol. The Morgan fingerprint density at radius 3 is 1.73 bits per heavy atom. The maximum atomic E-state index is 12.5. The van der Waals surface area contributed by atoms with Gasteiger partial charge in [-0.3, -0.25) is 4.79 Å². The van der Waals surface area contributed by atoms with Crippen LogP contribution in [0.1, 0.15) is 38.1 Å². The molecule has 0 aliphatic heterocycles. The first kappa shape index (κ1) is 18.6. The van der Waals surface area contributed by atoms with Crippen LogP contribution in [0.2, 0.25) is 0 Å². The lowest BCUT2D eigenvalue weighted by Crippen LogP contribution is -2.41. The molecule has 0 heterocycles. The highest BCUT2D eigenvalue weighted by molar-refractivity contribution is 7.89. The molecule has 4 nitrogen and oxygen atoms in total. The van der Waals surface area contributed by atoms with E-state index in [1.165, 1.54) is 4.31 Å². The van der Waals surface area contributed by atoms with Crippen LogP contribution in [-0.2, 0) is 10.0 Å². The Kier molecular flexibility index (Phi) is 5.40. The standard InChI is InChI=1S/C14H18F3NO3S/c1-9(2)18(10(3)4)22(20,21)12-7-5-11(6-8-12)13(19)14(15,16)17/h5-10H,1-4H3. The molecule has 0 aromatic heterocycles. The number of halogens is 3. The second kappa shape index (κ2) is 6.37. The van der Waals surface area contributed by atoms with Crippen molar-refractivity contribution in [2.24, 2.45) is 0 Å². The molecule has 0 N–H and O–H groups in total. The fourth-order valence-corrected chi connectivity index (χ4v) is 4.05. The van der Waals surface area contributed by atoms with Gasteiger partial charge in [0.05, 0.1) is 4.90 Å². The average Bonchev–Trinajstić information content (AvgIpc) is 2.35. The molecule has 1 aromatic carbocycles. The fraction of sp³-hybridized carbons (Fsp3) is 0.500. The zero-order chi connectivity index (χ0) is 17.3. The van der Waals surface area contributed by atoms with Crippen LogP contribution >= 0.6 is 0 Å². The number of carbonyl (C=O) groups is 1. The molecule has 0 aliphatic carbocycles. The molecule has 0 radical (unpaired) electrons. The molecule has 0 fully saturated rings. The molecule has 1 rings (SSSR count). The maximum absolute atomic E-state index is 12.5. The van der Waals surface area contributed by atoms with E-state index in [4.69, 9.17) is 0 Å². The molecule has 0 unspecified atom stereocenters. The number of carbonyl (C=O) groups excluding carboxylic acids is 1. The number of hydrogen-bond donors (Lipinski definition) is 0. The molecule has 0 bridgehead atoms. The third-order valence-electron chi connectivity index (χ3n) is 2.97. The molecule has 0 spiro atoms. The number of sulfonamides is 1. The topological polar surface area (TPSA) is 54.5 Å². The summed E-state index contributed by atoms with van der Waals surface area (Å²) in [6.07, 6.45) is -4.98. The highest BCUT2D eigenvalue weighted by Gasteiger charge is 2.39. The summed E-state index contributed by atoms with van der Waals surface area (Å²) in [5.74, 6) is -2.00. The van der Waals surface area contributed by atoms with Crippen LogP contribution in [0.4, 0.5) is 13.2 Å². The van der Waals surface area contributed by atoms with Crippen LogP contribution in [0.5, 0.6) is 0 Å². The average molecular weight is 337 g/mol. The Bertz CT molecular complexity index is 626. The van der Waals surface area contributed by atoms with E-state index < -0.39 is 27.5 Å². The van der Waals surface area contributed by atoms with Gasteiger partial charge < -0.3 is 0 Å². The van der Waals surface area contributed by atoms with Gasteiger partial charge in [0.25, 0.3) is 5.78 Å². The van der Waals surface area contributed by atoms with Gasteiger partial charge in [-0.2, -0.15) is 17.5 Å². The van der Waals surface area contributed by atoms with Gasteiger partial charge in [0, 0.05) is 17.6 Å². The summed E-state index contributed by atoms with van der Waals surface area (Å²) in [7, 11) is -3.84. The Balaban J connectivity index is 3.21. The van der Waals surface area contributed by atoms with Crippen molar-refractivity contribution in [1.29, 1.82) is 0 Å². The Labute approximate surface area is 128 Å². The van der Waals surface area contributed by atoms with Gasteiger partial charge in [-0.05, 0) is 52.0 Å². The molecule has 1 aromatic rings. The van der Waals surface area contributed by atoms with Crippen molar-refractivity contribution < 1.29 is 26.4 Å². The molecule has 124 valence electrons. The summed E-state index contributed by atoms with van der Waals surface area (Å²) in [6, 6.07) is 3.18. The molecule has 0 atom stereocenters. The van der Waals surface area contributed by atoms with Gasteiger partial charge in [-0.1, -0.05) is 0 Å². The van der Waals surface area contributed by atoms with Crippen LogP contribution < -0.4 is 0 Å². The lowest BCUT2D eigenvalue weighted by Gasteiger charge is -2.29. The van der Waals surface area contributed by atoms with Crippen LogP contribution in [0.25, 0.3) is 0 Å². The number of alkyl halides is 3. The quantitative estimate of drug-likeness (QED) is 0.775. The van der Waals surface area contributed by atoms with Crippen molar-refractivity contribution >= 4 is 15.8 Å². The second-order valence-electron chi connectivity index (χ2n) is 5.37. The van der Waals surface area contributed by atoms with E-state index >= 15 is 0 Å². The van der Waals surface area contributed by atoms with Crippen molar-refractivity contribution in [3.05, 3.63) is 29.8 Å². The van der Waals surface area contributed by atoms with E-state index in [2.05, 4.69) is 0 Å². The maximum Gasteiger partial charge on any atom is 0.454 e. The molecule has 0 saturated heterocycles. The summed E-state index contributed by atoms with van der Waals surface area (Å²) in [5, 5.41) is 0. The third kappa shape index (κ3) is 3.86. The molecule has 0 aliphatic rings. The first-order chi connectivity index (χ1) is 9.89. The van der Waals surface area contributed by atoms with Crippen LogP contribution in [0, 0.1) is 0 Å².